The Morgan fingerprint density at radius 1 is 1.00 bits per heavy atom. The van der Waals surface area contributed by atoms with Crippen molar-refractivity contribution in [3.63, 3.8) is 0 Å². The number of rotatable bonds is 7. The summed E-state index contributed by atoms with van der Waals surface area (Å²) < 4.78 is 63.9. The lowest BCUT2D eigenvalue weighted by molar-refractivity contribution is -0.173. The molecule has 9 nitrogen and oxygen atoms in total. The van der Waals surface area contributed by atoms with Crippen LogP contribution in [0.1, 0.15) is 34.6 Å². The van der Waals surface area contributed by atoms with Gasteiger partial charge in [0.2, 0.25) is 0 Å². The zero-order valence-electron chi connectivity index (χ0n) is 20.3. The highest BCUT2D eigenvalue weighted by Gasteiger charge is 2.48. The number of methoxy groups -OCH3 is 4. The molecule has 0 aliphatic carbocycles. The Hall–Kier alpha value is -3.80. The van der Waals surface area contributed by atoms with Gasteiger partial charge in [0.25, 0.3) is 5.91 Å². The van der Waals surface area contributed by atoms with Crippen LogP contribution in [0.4, 0.5) is 24.7 Å². The SMILES string of the molecule is COc1ccc(NC(=O)c2nn3c(c2Cl)N[C@@H](c2ccc(OC)c(OC)c2)C[C@H]3C(F)(F)F)cc1OC. The number of nitrogens with one attached hydrogen (secondary N) is 2. The van der Waals surface area contributed by atoms with E-state index in [2.05, 4.69) is 15.7 Å². The third kappa shape index (κ3) is 5.06. The number of amides is 1. The van der Waals surface area contributed by atoms with Crippen molar-refractivity contribution >= 4 is 29.0 Å². The molecule has 0 saturated heterocycles. The van der Waals surface area contributed by atoms with Gasteiger partial charge in [-0.2, -0.15) is 18.3 Å². The van der Waals surface area contributed by atoms with Gasteiger partial charge in [-0.25, -0.2) is 4.68 Å². The van der Waals surface area contributed by atoms with E-state index in [1.807, 2.05) is 0 Å². The number of carbonyl (C=O) groups is 1. The number of alkyl halides is 3. The highest BCUT2D eigenvalue weighted by molar-refractivity contribution is 6.36. The van der Waals surface area contributed by atoms with Crippen LogP contribution in [-0.2, 0) is 0 Å². The lowest BCUT2D eigenvalue weighted by Crippen LogP contribution is -2.35. The van der Waals surface area contributed by atoms with Gasteiger partial charge in [-0.3, -0.25) is 4.79 Å². The van der Waals surface area contributed by atoms with E-state index in [1.165, 1.54) is 34.5 Å². The first-order valence-corrected chi connectivity index (χ1v) is 11.4. The number of benzene rings is 2. The molecule has 4 rings (SSSR count). The minimum atomic E-state index is -4.65. The molecule has 13 heteroatoms. The molecule has 2 heterocycles. The standard InChI is InChI=1S/C24H24ClF3N4O5/c1-34-15-7-5-12(9-17(15)36-3)14-11-19(24(26,27)28)32-22(30-14)20(25)21(31-32)23(33)29-13-6-8-16(35-2)18(10-13)37-4/h5-10,14,19,30H,11H2,1-4H3,(H,29,33)/t14-,19+/m1/s1. The van der Waals surface area contributed by atoms with Crippen LogP contribution in [0.5, 0.6) is 23.0 Å². The number of fused-ring (bicyclic) bond motifs is 1. The monoisotopic (exact) mass is 540 g/mol. The Morgan fingerprint density at radius 2 is 1.59 bits per heavy atom. The predicted octanol–water partition coefficient (Wildman–Crippen LogP) is 5.48. The quantitative estimate of drug-likeness (QED) is 0.409. The fourth-order valence-electron chi connectivity index (χ4n) is 4.13. The van der Waals surface area contributed by atoms with E-state index < -0.39 is 24.2 Å². The third-order valence-electron chi connectivity index (χ3n) is 5.96. The molecule has 2 N–H and O–H groups in total. The Balaban J connectivity index is 1.68. The molecule has 0 radical (unpaired) electrons. The van der Waals surface area contributed by atoms with Gasteiger partial charge in [0, 0.05) is 18.2 Å². The Morgan fingerprint density at radius 3 is 2.19 bits per heavy atom. The first-order chi connectivity index (χ1) is 17.6. The second kappa shape index (κ2) is 10.3. The Bertz CT molecular complexity index is 1310. The number of ether oxygens (including phenoxy) is 4. The molecule has 1 aliphatic heterocycles. The smallest absolute Gasteiger partial charge is 0.410 e. The number of halogens is 4. The Kier molecular flexibility index (Phi) is 7.30. The van der Waals surface area contributed by atoms with Crippen molar-refractivity contribution in [2.75, 3.05) is 39.1 Å². The molecule has 0 fully saturated rings. The predicted molar refractivity (Wildman–Crippen MR) is 130 cm³/mol. The minimum absolute atomic E-state index is 0.118. The molecular weight excluding hydrogens is 517 g/mol. The van der Waals surface area contributed by atoms with Crippen LogP contribution < -0.4 is 29.6 Å². The van der Waals surface area contributed by atoms with Crippen LogP contribution in [0.3, 0.4) is 0 Å². The molecule has 2 aromatic carbocycles. The molecule has 2 atom stereocenters. The highest BCUT2D eigenvalue weighted by Crippen LogP contribution is 2.47. The van der Waals surface area contributed by atoms with Gasteiger partial charge in [0.15, 0.2) is 34.7 Å². The molecule has 0 saturated carbocycles. The second-order valence-electron chi connectivity index (χ2n) is 8.08. The summed E-state index contributed by atoms with van der Waals surface area (Å²) in [5, 5.41) is 9.30. The maximum atomic E-state index is 14.1. The van der Waals surface area contributed by atoms with Crippen LogP contribution >= 0.6 is 11.6 Å². The van der Waals surface area contributed by atoms with Crippen molar-refractivity contribution in [2.24, 2.45) is 0 Å². The van der Waals surface area contributed by atoms with E-state index in [1.54, 1.807) is 30.3 Å². The van der Waals surface area contributed by atoms with E-state index in [4.69, 9.17) is 30.5 Å². The Labute approximate surface area is 215 Å². The van der Waals surface area contributed by atoms with Crippen LogP contribution in [0.2, 0.25) is 5.02 Å². The van der Waals surface area contributed by atoms with E-state index in [9.17, 15) is 18.0 Å². The van der Waals surface area contributed by atoms with Gasteiger partial charge < -0.3 is 29.6 Å². The number of aromatic nitrogens is 2. The maximum absolute atomic E-state index is 14.1. The van der Waals surface area contributed by atoms with E-state index in [0.717, 1.165) is 0 Å². The molecule has 3 aromatic rings. The van der Waals surface area contributed by atoms with Gasteiger partial charge in [-0.05, 0) is 29.8 Å². The number of anilines is 2. The maximum Gasteiger partial charge on any atom is 0.410 e. The van der Waals surface area contributed by atoms with Crippen molar-refractivity contribution in [3.8, 4) is 23.0 Å². The van der Waals surface area contributed by atoms with Gasteiger partial charge in [-0.1, -0.05) is 17.7 Å². The zero-order valence-corrected chi connectivity index (χ0v) is 21.0. The fraction of sp³-hybridized carbons (Fsp3) is 0.333. The molecular formula is C24H24ClF3N4O5. The van der Waals surface area contributed by atoms with Crippen LogP contribution in [-0.4, -0.2) is 50.3 Å². The largest absolute Gasteiger partial charge is 0.493 e. The van der Waals surface area contributed by atoms with Crippen LogP contribution in [0.25, 0.3) is 0 Å². The zero-order chi connectivity index (χ0) is 26.9. The molecule has 1 aromatic heterocycles. The lowest BCUT2D eigenvalue weighted by Gasteiger charge is -2.33. The molecule has 0 bridgehead atoms. The number of carbonyl (C=O) groups excluding carboxylic acids is 1. The molecule has 1 amide bonds. The third-order valence-corrected chi connectivity index (χ3v) is 6.32. The summed E-state index contributed by atoms with van der Waals surface area (Å²) in [5.41, 5.74) is 0.473. The normalized spacial score (nSPS) is 16.9. The summed E-state index contributed by atoms with van der Waals surface area (Å²) in [4.78, 5) is 13.0. The molecule has 1 aliphatic rings. The first kappa shape index (κ1) is 26.3. The van der Waals surface area contributed by atoms with Gasteiger partial charge in [-0.15, -0.1) is 0 Å². The number of hydrogen-bond donors (Lipinski definition) is 2. The summed E-state index contributed by atoms with van der Waals surface area (Å²) >= 11 is 6.42. The summed E-state index contributed by atoms with van der Waals surface area (Å²) in [7, 11) is 5.79. The minimum Gasteiger partial charge on any atom is -0.493 e. The summed E-state index contributed by atoms with van der Waals surface area (Å²) in [5.74, 6) is 0.690. The summed E-state index contributed by atoms with van der Waals surface area (Å²) in [6.45, 7) is 0. The molecule has 0 spiro atoms. The van der Waals surface area contributed by atoms with Gasteiger partial charge in [0.05, 0.1) is 34.5 Å². The molecule has 198 valence electrons. The fourth-order valence-corrected chi connectivity index (χ4v) is 4.39. The lowest BCUT2D eigenvalue weighted by atomic mass is 9.96. The average molecular weight is 541 g/mol. The van der Waals surface area contributed by atoms with Gasteiger partial charge in [0.1, 0.15) is 10.8 Å². The van der Waals surface area contributed by atoms with Crippen molar-refractivity contribution in [2.45, 2.75) is 24.7 Å². The van der Waals surface area contributed by atoms with Crippen LogP contribution in [0, 0.1) is 0 Å². The highest BCUT2D eigenvalue weighted by atomic mass is 35.5. The van der Waals surface area contributed by atoms with Crippen molar-refractivity contribution in [3.05, 3.63) is 52.7 Å². The van der Waals surface area contributed by atoms with E-state index >= 15 is 0 Å². The topological polar surface area (TPSA) is 95.9 Å². The van der Waals surface area contributed by atoms with Crippen LogP contribution in [0.15, 0.2) is 36.4 Å². The molecule has 0 unspecified atom stereocenters. The first-order valence-electron chi connectivity index (χ1n) is 11.0. The number of nitrogens with zero attached hydrogens (tertiary/aromatic N) is 2. The van der Waals surface area contributed by atoms with Crippen molar-refractivity contribution in [1.29, 1.82) is 0 Å². The second-order valence-corrected chi connectivity index (χ2v) is 8.46. The summed E-state index contributed by atoms with van der Waals surface area (Å²) in [6.07, 6.45) is -5.04. The average Bonchev–Trinajstić information content (AvgIpc) is 3.23. The molecule has 37 heavy (non-hydrogen) atoms. The number of hydrogen-bond acceptors (Lipinski definition) is 7. The van der Waals surface area contributed by atoms with E-state index in [0.29, 0.717) is 38.9 Å². The van der Waals surface area contributed by atoms with Gasteiger partial charge >= 0.3 is 6.18 Å². The van der Waals surface area contributed by atoms with Crippen molar-refractivity contribution in [1.82, 2.24) is 9.78 Å². The van der Waals surface area contributed by atoms with Crippen molar-refractivity contribution < 1.29 is 36.9 Å². The summed E-state index contributed by atoms with van der Waals surface area (Å²) in [6, 6.07) is 6.64. The van der Waals surface area contributed by atoms with E-state index in [-0.39, 0.29) is 23.0 Å².